The van der Waals surface area contributed by atoms with Gasteiger partial charge in [-0.3, -0.25) is 39.1 Å². The molecule has 10 rings (SSSR count). The van der Waals surface area contributed by atoms with Crippen molar-refractivity contribution in [1.82, 2.24) is 30.4 Å². The summed E-state index contributed by atoms with van der Waals surface area (Å²) >= 11 is 6.16. The zero-order valence-electron chi connectivity index (χ0n) is 32.8. The lowest BCUT2D eigenvalue weighted by Crippen LogP contribution is -2.54. The van der Waals surface area contributed by atoms with E-state index < -0.39 is 35.5 Å². The fourth-order valence-corrected chi connectivity index (χ4v) is 11.3. The average molecular weight is 835 g/mol. The van der Waals surface area contributed by atoms with Crippen LogP contribution in [0.2, 0.25) is 5.02 Å². The summed E-state index contributed by atoms with van der Waals surface area (Å²) in [6, 6.07) is 7.51. The number of nitrogens with one attached hydrogen (secondary N) is 2. The molecule has 2 bridgehead atoms. The molecule has 0 radical (unpaired) electrons. The van der Waals surface area contributed by atoms with Crippen molar-refractivity contribution < 1.29 is 33.1 Å². The van der Waals surface area contributed by atoms with Crippen LogP contribution in [-0.4, -0.2) is 99.2 Å². The summed E-state index contributed by atoms with van der Waals surface area (Å²) in [6.07, 6.45) is 10.4. The number of nitrogens with zero attached hydrogens (tertiary/aromatic N) is 6. The van der Waals surface area contributed by atoms with E-state index in [9.17, 15) is 24.0 Å². The van der Waals surface area contributed by atoms with Crippen LogP contribution in [-0.2, 0) is 9.59 Å². The summed E-state index contributed by atoms with van der Waals surface area (Å²) in [5, 5.41) is 5.69. The van der Waals surface area contributed by atoms with Gasteiger partial charge in [-0.25, -0.2) is 19.2 Å². The van der Waals surface area contributed by atoms with Crippen LogP contribution in [0, 0.1) is 30.1 Å². The second kappa shape index (κ2) is 15.2. The second-order valence-electron chi connectivity index (χ2n) is 17.6. The van der Waals surface area contributed by atoms with Crippen molar-refractivity contribution in [3.8, 4) is 5.75 Å². The Balaban J connectivity index is 0.694. The third-order valence-corrected chi connectivity index (χ3v) is 14.5. The third kappa shape index (κ3) is 6.97. The summed E-state index contributed by atoms with van der Waals surface area (Å²) in [6.45, 7) is 9.85. The molecule has 310 valence electrons. The van der Waals surface area contributed by atoms with Crippen molar-refractivity contribution in [2.75, 3.05) is 24.5 Å². The van der Waals surface area contributed by atoms with E-state index in [2.05, 4.69) is 35.2 Å². The third-order valence-electron chi connectivity index (χ3n) is 14.2. The number of hydrogen-bond acceptors (Lipinski definition) is 10. The van der Waals surface area contributed by atoms with Crippen molar-refractivity contribution in [2.45, 2.75) is 100 Å². The molecule has 3 unspecified atom stereocenters. The van der Waals surface area contributed by atoms with E-state index in [0.717, 1.165) is 87.8 Å². The topological polar surface area (TPSA) is 158 Å². The highest BCUT2D eigenvalue weighted by Crippen LogP contribution is 2.63. The van der Waals surface area contributed by atoms with Crippen molar-refractivity contribution in [1.29, 1.82) is 0 Å². The molecule has 2 aromatic carbocycles. The molecule has 2 N–H and O–H groups in total. The maximum atomic E-state index is 15.6. The number of piperazine rings is 1. The Morgan fingerprint density at radius 2 is 1.65 bits per heavy atom. The first kappa shape index (κ1) is 38.7. The zero-order chi connectivity index (χ0) is 41.4. The van der Waals surface area contributed by atoms with Crippen molar-refractivity contribution in [2.24, 2.45) is 17.8 Å². The number of fused-ring (bicyclic) bond motifs is 4. The van der Waals surface area contributed by atoms with E-state index in [4.69, 9.17) is 22.9 Å². The molecule has 3 saturated carbocycles. The van der Waals surface area contributed by atoms with Gasteiger partial charge in [0.25, 0.3) is 17.7 Å². The standard InChI is InChI=1S/C44H44ClFN8O6/c1-47-36-9-8-27(14-34(36)45)60-26-6-2-23(3-7-26)50-41(56)37-17-49-39(18-48-37)52-19-24-4-5-25(20-52)53(24)21-33-29-12-22(13-30(29)33)28-15-31-32(16-35(28)46)44(59)54(43(31)58)38-10-11-40(55)51-42(38)57/h8-9,14-18,22-26,29-30,33,38H,2-7,10-13,19-21H2,(H,50,56)(H,51,55,57)/t22?,23?,24-,25+,26?,29-,30+,33?,38?. The summed E-state index contributed by atoms with van der Waals surface area (Å²) in [4.78, 5) is 82.2. The van der Waals surface area contributed by atoms with Crippen LogP contribution in [0.4, 0.5) is 15.9 Å². The van der Waals surface area contributed by atoms with Gasteiger partial charge in [-0.15, -0.1) is 0 Å². The summed E-state index contributed by atoms with van der Waals surface area (Å²) < 4.78 is 21.7. The number of ether oxygens (including phenoxy) is 1. The predicted octanol–water partition coefficient (Wildman–Crippen LogP) is 5.43. The molecule has 5 heterocycles. The quantitative estimate of drug-likeness (QED) is 0.210. The summed E-state index contributed by atoms with van der Waals surface area (Å²) in [5.74, 6) is -0.275. The maximum Gasteiger partial charge on any atom is 0.271 e. The number of hydrogen-bond donors (Lipinski definition) is 2. The molecule has 3 aromatic rings. The average Bonchev–Trinajstić information content (AvgIpc) is 3.41. The van der Waals surface area contributed by atoms with Crippen LogP contribution in [0.3, 0.4) is 0 Å². The highest BCUT2D eigenvalue weighted by Gasteiger charge is 2.58. The lowest BCUT2D eigenvalue weighted by molar-refractivity contribution is -0.136. The van der Waals surface area contributed by atoms with E-state index >= 15 is 4.39 Å². The number of halogens is 2. The smallest absolute Gasteiger partial charge is 0.271 e. The van der Waals surface area contributed by atoms with Gasteiger partial charge in [0.15, 0.2) is 0 Å². The number of benzene rings is 2. The molecule has 1 aromatic heterocycles. The minimum atomic E-state index is -1.08. The molecular formula is C44H44ClFN8O6. The number of carbonyl (C=O) groups excluding carboxylic acids is 5. The molecule has 3 saturated heterocycles. The molecule has 5 amide bonds. The fraction of sp³-hybridized carbons (Fsp3) is 0.500. The van der Waals surface area contributed by atoms with Crippen LogP contribution < -0.4 is 20.3 Å². The van der Waals surface area contributed by atoms with Crippen LogP contribution in [0.1, 0.15) is 107 Å². The van der Waals surface area contributed by atoms with Gasteiger partial charge in [0.2, 0.25) is 17.5 Å². The Bertz CT molecular complexity index is 2320. The lowest BCUT2D eigenvalue weighted by Gasteiger charge is -2.42. The summed E-state index contributed by atoms with van der Waals surface area (Å²) in [5.41, 5.74) is 1.25. The van der Waals surface area contributed by atoms with Crippen molar-refractivity contribution in [3.63, 3.8) is 0 Å². The van der Waals surface area contributed by atoms with Gasteiger partial charge < -0.3 is 15.0 Å². The van der Waals surface area contributed by atoms with Gasteiger partial charge >= 0.3 is 0 Å². The number of rotatable bonds is 9. The van der Waals surface area contributed by atoms with Gasteiger partial charge in [-0.1, -0.05) is 17.7 Å². The molecular weight excluding hydrogens is 791 g/mol. The van der Waals surface area contributed by atoms with E-state index in [1.54, 1.807) is 30.6 Å². The Hall–Kier alpha value is -5.46. The minimum Gasteiger partial charge on any atom is -0.490 e. The molecule has 16 heteroatoms. The van der Waals surface area contributed by atoms with Crippen LogP contribution >= 0.6 is 11.6 Å². The van der Waals surface area contributed by atoms with E-state index in [1.165, 1.54) is 6.07 Å². The maximum absolute atomic E-state index is 15.6. The summed E-state index contributed by atoms with van der Waals surface area (Å²) in [7, 11) is 0. The fourth-order valence-electron chi connectivity index (χ4n) is 11.1. The molecule has 4 aliphatic heterocycles. The van der Waals surface area contributed by atoms with Crippen LogP contribution in [0.25, 0.3) is 4.85 Å². The monoisotopic (exact) mass is 834 g/mol. The van der Waals surface area contributed by atoms with E-state index in [0.29, 0.717) is 57.6 Å². The van der Waals surface area contributed by atoms with Crippen molar-refractivity contribution >= 4 is 52.6 Å². The highest BCUT2D eigenvalue weighted by atomic mass is 35.5. The second-order valence-corrected chi connectivity index (χ2v) is 18.0. The largest absolute Gasteiger partial charge is 0.490 e. The number of amides is 5. The number of carbonyl (C=O) groups is 5. The van der Waals surface area contributed by atoms with Crippen molar-refractivity contribution in [3.05, 3.63) is 87.4 Å². The van der Waals surface area contributed by atoms with Gasteiger partial charge in [0, 0.05) is 44.2 Å². The van der Waals surface area contributed by atoms with E-state index in [-0.39, 0.29) is 47.9 Å². The normalized spacial score (nSPS) is 30.8. The molecule has 7 aliphatic rings. The van der Waals surface area contributed by atoms with Gasteiger partial charge in [0.1, 0.15) is 29.1 Å². The molecule has 60 heavy (non-hydrogen) atoms. The number of piperidine rings is 1. The van der Waals surface area contributed by atoms with Gasteiger partial charge in [-0.05, 0) is 111 Å². The van der Waals surface area contributed by atoms with Gasteiger partial charge in [0.05, 0.1) is 41.2 Å². The van der Waals surface area contributed by atoms with Gasteiger partial charge in [-0.2, -0.15) is 0 Å². The number of aromatic nitrogens is 2. The first-order valence-corrected chi connectivity index (χ1v) is 21.4. The lowest BCUT2D eigenvalue weighted by atomic mass is 9.89. The molecule has 0 spiro atoms. The molecule has 14 nitrogen and oxygen atoms in total. The Morgan fingerprint density at radius 1 is 0.933 bits per heavy atom. The number of anilines is 1. The van der Waals surface area contributed by atoms with E-state index in [1.807, 2.05) is 0 Å². The molecule has 6 fully saturated rings. The first-order chi connectivity index (χ1) is 29.0. The molecule has 3 aliphatic carbocycles. The first-order valence-electron chi connectivity index (χ1n) is 21.0. The Morgan fingerprint density at radius 3 is 2.30 bits per heavy atom. The van der Waals surface area contributed by atoms with Crippen LogP contribution in [0.15, 0.2) is 42.7 Å². The zero-order valence-corrected chi connectivity index (χ0v) is 33.6. The highest BCUT2D eigenvalue weighted by molar-refractivity contribution is 6.33. The predicted molar refractivity (Wildman–Crippen MR) is 215 cm³/mol. The number of imide groups is 2. The SMILES string of the molecule is [C-]#[N+]c1ccc(OC2CCC(NC(=O)c3cnc(N4C[C@H]5CC[C@@H](C4)N5CC4[C@H]5CC(c6cc7c(cc6F)C(=O)N(C6CCC(=O)NC6=O)C7=O)C[C@@H]45)cn3)CC2)cc1Cl. The van der Waals surface area contributed by atoms with Crippen LogP contribution in [0.5, 0.6) is 5.75 Å². The molecule has 7 atom stereocenters. The Labute approximate surface area is 351 Å². The Kier molecular flexibility index (Phi) is 9.82. The minimum absolute atomic E-state index is 0.0132.